The summed E-state index contributed by atoms with van der Waals surface area (Å²) in [4.78, 5) is 2.26. The van der Waals surface area contributed by atoms with Crippen molar-refractivity contribution in [2.75, 3.05) is 57.8 Å². The summed E-state index contributed by atoms with van der Waals surface area (Å²) in [6.45, 7) is 5.93. The molecular formula is C16H28N2O3. The number of nitrogen functional groups attached to an aromatic ring is 1. The highest BCUT2D eigenvalue weighted by Gasteiger charge is 2.09. The van der Waals surface area contributed by atoms with Gasteiger partial charge in [-0.2, -0.15) is 0 Å². The third-order valence-corrected chi connectivity index (χ3v) is 3.17. The summed E-state index contributed by atoms with van der Waals surface area (Å²) in [7, 11) is 3.44. The van der Waals surface area contributed by atoms with E-state index in [4.69, 9.17) is 19.9 Å². The Bertz CT molecular complexity index is 399. The fourth-order valence-corrected chi connectivity index (χ4v) is 2.03. The van der Waals surface area contributed by atoms with Crippen LogP contribution in [-0.2, 0) is 9.47 Å². The smallest absolute Gasteiger partial charge is 0.144 e. The second kappa shape index (κ2) is 10.3. The van der Waals surface area contributed by atoms with Crippen LogP contribution in [0.25, 0.3) is 0 Å². The zero-order chi connectivity index (χ0) is 15.5. The third kappa shape index (κ3) is 6.23. The minimum Gasteiger partial charge on any atom is -0.491 e. The number of hydrogen-bond acceptors (Lipinski definition) is 5. The Morgan fingerprint density at radius 3 is 2.48 bits per heavy atom. The van der Waals surface area contributed by atoms with Crippen LogP contribution in [0.15, 0.2) is 18.2 Å². The topological polar surface area (TPSA) is 57.0 Å². The van der Waals surface area contributed by atoms with Crippen molar-refractivity contribution in [3.63, 3.8) is 0 Å². The number of rotatable bonds is 11. The quantitative estimate of drug-likeness (QED) is 0.502. The molecule has 0 aromatic heterocycles. The highest BCUT2D eigenvalue weighted by atomic mass is 16.5. The minimum atomic E-state index is 0.676. The highest BCUT2D eigenvalue weighted by Crippen LogP contribution is 2.28. The van der Waals surface area contributed by atoms with E-state index >= 15 is 0 Å². The molecule has 1 aromatic carbocycles. The van der Waals surface area contributed by atoms with Crippen molar-refractivity contribution in [2.24, 2.45) is 0 Å². The van der Waals surface area contributed by atoms with Gasteiger partial charge in [-0.05, 0) is 25.0 Å². The predicted molar refractivity (Wildman–Crippen MR) is 87.2 cm³/mol. The lowest BCUT2D eigenvalue weighted by molar-refractivity contribution is 0.191. The lowest BCUT2D eigenvalue weighted by Gasteiger charge is -2.25. The fraction of sp³-hybridized carbons (Fsp3) is 0.625. The van der Waals surface area contributed by atoms with Crippen molar-refractivity contribution < 1.29 is 14.2 Å². The Morgan fingerprint density at radius 1 is 1.05 bits per heavy atom. The van der Waals surface area contributed by atoms with Gasteiger partial charge in [0.25, 0.3) is 0 Å². The van der Waals surface area contributed by atoms with Gasteiger partial charge in [0.1, 0.15) is 5.75 Å². The van der Waals surface area contributed by atoms with Crippen LogP contribution in [0.3, 0.4) is 0 Å². The summed E-state index contributed by atoms with van der Waals surface area (Å²) < 4.78 is 16.0. The van der Waals surface area contributed by atoms with E-state index in [9.17, 15) is 0 Å². The average molecular weight is 296 g/mol. The maximum absolute atomic E-state index is 5.96. The second-order valence-corrected chi connectivity index (χ2v) is 4.90. The Morgan fingerprint density at radius 2 is 1.81 bits per heavy atom. The standard InChI is InChI=1S/C16H28N2O3/c1-4-10-21-16-13-14(6-7-15(16)17)18(9-12-20-3)8-5-11-19-2/h6-7,13H,4-5,8-12,17H2,1-3H3. The summed E-state index contributed by atoms with van der Waals surface area (Å²) in [6.07, 6.45) is 1.93. The maximum Gasteiger partial charge on any atom is 0.144 e. The Labute approximate surface area is 128 Å². The van der Waals surface area contributed by atoms with Gasteiger partial charge in [0.15, 0.2) is 0 Å². The molecule has 0 spiro atoms. The molecular weight excluding hydrogens is 268 g/mol. The lowest BCUT2D eigenvalue weighted by atomic mass is 10.2. The summed E-state index contributed by atoms with van der Waals surface area (Å²) >= 11 is 0. The van der Waals surface area contributed by atoms with E-state index in [0.717, 1.165) is 44.0 Å². The van der Waals surface area contributed by atoms with Gasteiger partial charge in [0.05, 0.1) is 18.9 Å². The first-order chi connectivity index (χ1) is 10.2. The molecule has 0 aliphatic rings. The summed E-state index contributed by atoms with van der Waals surface area (Å²) in [5.74, 6) is 0.753. The molecule has 0 unspecified atom stereocenters. The summed E-state index contributed by atoms with van der Waals surface area (Å²) in [5.41, 5.74) is 7.74. The van der Waals surface area contributed by atoms with Crippen LogP contribution in [0.4, 0.5) is 11.4 Å². The number of methoxy groups -OCH3 is 2. The molecule has 1 aromatic rings. The van der Waals surface area contributed by atoms with Gasteiger partial charge in [0, 0.05) is 45.7 Å². The molecule has 0 saturated carbocycles. The maximum atomic E-state index is 5.96. The predicted octanol–water partition coefficient (Wildman–Crippen LogP) is 2.55. The van der Waals surface area contributed by atoms with Crippen LogP contribution < -0.4 is 15.4 Å². The van der Waals surface area contributed by atoms with Crippen LogP contribution in [0.1, 0.15) is 19.8 Å². The largest absolute Gasteiger partial charge is 0.491 e. The van der Waals surface area contributed by atoms with Gasteiger partial charge in [-0.25, -0.2) is 0 Å². The highest BCUT2D eigenvalue weighted by molar-refractivity contribution is 5.62. The first-order valence-electron chi connectivity index (χ1n) is 7.48. The van der Waals surface area contributed by atoms with Crippen LogP contribution in [0.2, 0.25) is 0 Å². The van der Waals surface area contributed by atoms with Crippen LogP contribution in [0, 0.1) is 0 Å². The Hall–Kier alpha value is -1.46. The molecule has 0 radical (unpaired) electrons. The van der Waals surface area contributed by atoms with Crippen LogP contribution >= 0.6 is 0 Å². The molecule has 0 atom stereocenters. The molecule has 1 rings (SSSR count). The van der Waals surface area contributed by atoms with E-state index in [2.05, 4.69) is 11.8 Å². The fourth-order valence-electron chi connectivity index (χ4n) is 2.03. The molecule has 5 heteroatoms. The zero-order valence-electron chi connectivity index (χ0n) is 13.4. The Balaban J connectivity index is 2.78. The number of hydrogen-bond donors (Lipinski definition) is 1. The monoisotopic (exact) mass is 296 g/mol. The SMILES string of the molecule is CCCOc1cc(N(CCCOC)CCOC)ccc1N. The van der Waals surface area contributed by atoms with E-state index in [0.29, 0.717) is 18.9 Å². The van der Waals surface area contributed by atoms with Gasteiger partial charge in [-0.1, -0.05) is 6.92 Å². The number of benzene rings is 1. The molecule has 120 valence electrons. The molecule has 0 saturated heterocycles. The molecule has 0 fully saturated rings. The number of anilines is 2. The molecule has 0 aliphatic heterocycles. The molecule has 0 amide bonds. The van der Waals surface area contributed by atoms with Crippen LogP contribution in [-0.4, -0.2) is 47.1 Å². The number of nitrogens with zero attached hydrogens (tertiary/aromatic N) is 1. The van der Waals surface area contributed by atoms with Gasteiger partial charge in [-0.3, -0.25) is 0 Å². The van der Waals surface area contributed by atoms with E-state index < -0.39 is 0 Å². The van der Waals surface area contributed by atoms with Crippen molar-refractivity contribution in [3.05, 3.63) is 18.2 Å². The minimum absolute atomic E-state index is 0.676. The van der Waals surface area contributed by atoms with Crippen molar-refractivity contribution in [1.82, 2.24) is 0 Å². The number of ether oxygens (including phenoxy) is 3. The molecule has 5 nitrogen and oxygen atoms in total. The third-order valence-electron chi connectivity index (χ3n) is 3.17. The van der Waals surface area contributed by atoms with Gasteiger partial charge >= 0.3 is 0 Å². The lowest BCUT2D eigenvalue weighted by Crippen LogP contribution is -2.29. The number of nitrogens with two attached hydrogens (primary N) is 1. The molecule has 0 aliphatic carbocycles. The van der Waals surface area contributed by atoms with Gasteiger partial charge in [0.2, 0.25) is 0 Å². The average Bonchev–Trinajstić information content (AvgIpc) is 2.50. The second-order valence-electron chi connectivity index (χ2n) is 4.90. The van der Waals surface area contributed by atoms with Crippen molar-refractivity contribution in [1.29, 1.82) is 0 Å². The molecule has 21 heavy (non-hydrogen) atoms. The molecule has 0 bridgehead atoms. The van der Waals surface area contributed by atoms with Gasteiger partial charge in [-0.15, -0.1) is 0 Å². The normalized spacial score (nSPS) is 10.6. The van der Waals surface area contributed by atoms with E-state index in [-0.39, 0.29) is 0 Å². The Kier molecular flexibility index (Phi) is 8.62. The molecule has 2 N–H and O–H groups in total. The van der Waals surface area contributed by atoms with E-state index in [1.54, 1.807) is 14.2 Å². The first-order valence-corrected chi connectivity index (χ1v) is 7.48. The summed E-state index contributed by atoms with van der Waals surface area (Å²) in [5, 5.41) is 0. The summed E-state index contributed by atoms with van der Waals surface area (Å²) in [6, 6.07) is 5.93. The van der Waals surface area contributed by atoms with Crippen molar-refractivity contribution >= 4 is 11.4 Å². The first kappa shape index (κ1) is 17.6. The van der Waals surface area contributed by atoms with E-state index in [1.165, 1.54) is 0 Å². The van der Waals surface area contributed by atoms with Gasteiger partial charge < -0.3 is 24.8 Å². The van der Waals surface area contributed by atoms with Crippen molar-refractivity contribution in [2.45, 2.75) is 19.8 Å². The zero-order valence-corrected chi connectivity index (χ0v) is 13.4. The van der Waals surface area contributed by atoms with E-state index in [1.807, 2.05) is 18.2 Å². The molecule has 0 heterocycles. The van der Waals surface area contributed by atoms with Crippen molar-refractivity contribution in [3.8, 4) is 5.75 Å². The van der Waals surface area contributed by atoms with Crippen LogP contribution in [0.5, 0.6) is 5.75 Å².